The third-order valence-corrected chi connectivity index (χ3v) is 9.02. The maximum atomic E-state index is 6.46. The van der Waals surface area contributed by atoms with Gasteiger partial charge < -0.3 is 8.98 Å². The summed E-state index contributed by atoms with van der Waals surface area (Å²) in [5, 5.41) is 10.1. The molecule has 172 valence electrons. The van der Waals surface area contributed by atoms with Gasteiger partial charge in [-0.2, -0.15) is 0 Å². The van der Waals surface area contributed by atoms with Crippen molar-refractivity contribution < 1.29 is 4.42 Å². The molecule has 0 fully saturated rings. The van der Waals surface area contributed by atoms with Crippen molar-refractivity contribution >= 4 is 86.0 Å². The van der Waals surface area contributed by atoms with Crippen LogP contribution < -0.4 is 0 Å². The summed E-state index contributed by atoms with van der Waals surface area (Å²) in [4.78, 5) is 0. The molecule has 3 heterocycles. The van der Waals surface area contributed by atoms with Crippen LogP contribution in [0.25, 0.3) is 80.4 Å². The molecule has 6 aromatic carbocycles. The predicted octanol–water partition coefficient (Wildman–Crippen LogP) is 10.2. The molecule has 0 amide bonds. The lowest BCUT2D eigenvalue weighted by Crippen LogP contribution is -1.94. The van der Waals surface area contributed by atoms with Gasteiger partial charge in [-0.1, -0.05) is 84.9 Å². The van der Waals surface area contributed by atoms with E-state index in [-0.39, 0.29) is 0 Å². The Balaban J connectivity index is 1.46. The Morgan fingerprint density at radius 3 is 2.14 bits per heavy atom. The van der Waals surface area contributed by atoms with Crippen molar-refractivity contribution in [3.05, 3.63) is 115 Å². The highest BCUT2D eigenvalue weighted by Crippen LogP contribution is 2.44. The van der Waals surface area contributed by atoms with Crippen molar-refractivity contribution in [2.75, 3.05) is 0 Å². The number of benzene rings is 6. The molecule has 0 saturated carbocycles. The van der Waals surface area contributed by atoms with Crippen LogP contribution in [-0.2, 0) is 0 Å². The van der Waals surface area contributed by atoms with E-state index < -0.39 is 0 Å². The zero-order chi connectivity index (χ0) is 24.1. The zero-order valence-electron chi connectivity index (χ0n) is 19.7. The summed E-state index contributed by atoms with van der Waals surface area (Å²) < 4.78 is 11.5. The molecule has 2 nitrogen and oxygen atoms in total. The summed E-state index contributed by atoms with van der Waals surface area (Å²) in [6, 6.07) is 41.5. The Kier molecular flexibility index (Phi) is 3.70. The van der Waals surface area contributed by atoms with Gasteiger partial charge in [-0.25, -0.2) is 0 Å². The lowest BCUT2D eigenvalue weighted by Gasteiger charge is -2.09. The third-order valence-electron chi connectivity index (χ3n) is 7.80. The average molecular weight is 490 g/mol. The Morgan fingerprint density at radius 1 is 0.486 bits per heavy atom. The lowest BCUT2D eigenvalue weighted by molar-refractivity contribution is 0.666. The molecule has 0 saturated heterocycles. The van der Waals surface area contributed by atoms with Crippen molar-refractivity contribution in [2.24, 2.45) is 0 Å². The van der Waals surface area contributed by atoms with Crippen molar-refractivity contribution in [3.63, 3.8) is 0 Å². The largest absolute Gasteiger partial charge is 0.454 e. The molecule has 9 aromatic rings. The fraction of sp³-hybridized carbons (Fsp3) is 0. The second kappa shape index (κ2) is 7.00. The highest BCUT2D eigenvalue weighted by molar-refractivity contribution is 7.26. The normalized spacial score (nSPS) is 12.3. The standard InChI is InChI=1S/C34H19NOS/c1-4-12-27-26(10-1)32-22-16-17-24-21-9-3-6-15-31(21)37-34(24)25(22)18-19-28(32)35(27)29-13-7-11-23-20-8-2-5-14-30(20)36-33(23)29/h1-19H. The Hall–Kier alpha value is -4.60. The minimum Gasteiger partial charge on any atom is -0.454 e. The molecule has 3 aromatic heterocycles. The van der Waals surface area contributed by atoms with Gasteiger partial charge in [0.15, 0.2) is 5.58 Å². The maximum absolute atomic E-state index is 6.46. The van der Waals surface area contributed by atoms with Crippen LogP contribution in [0.2, 0.25) is 0 Å². The summed E-state index contributed by atoms with van der Waals surface area (Å²) in [5.74, 6) is 0. The highest BCUT2D eigenvalue weighted by Gasteiger charge is 2.19. The highest BCUT2D eigenvalue weighted by atomic mass is 32.1. The molecule has 0 spiro atoms. The van der Waals surface area contributed by atoms with E-state index in [0.717, 1.165) is 27.6 Å². The van der Waals surface area contributed by atoms with Crippen LogP contribution in [0.3, 0.4) is 0 Å². The van der Waals surface area contributed by atoms with Gasteiger partial charge in [-0.15, -0.1) is 11.3 Å². The summed E-state index contributed by atoms with van der Waals surface area (Å²) in [5.41, 5.74) is 5.30. The molecule has 0 aliphatic heterocycles. The maximum Gasteiger partial charge on any atom is 0.159 e. The SMILES string of the molecule is c1ccc2c(c1)oc1c(-n3c4ccccc4c4c5ccc6c7ccccc7sc6c5ccc43)cccc12. The first-order valence-corrected chi connectivity index (χ1v) is 13.4. The molecule has 0 aliphatic rings. The molecule has 0 unspecified atom stereocenters. The quantitative estimate of drug-likeness (QED) is 0.224. The molecule has 0 N–H and O–H groups in total. The summed E-state index contributed by atoms with van der Waals surface area (Å²) >= 11 is 1.89. The number of thiophene rings is 1. The van der Waals surface area contributed by atoms with Crippen molar-refractivity contribution in [1.82, 2.24) is 4.57 Å². The van der Waals surface area contributed by atoms with E-state index >= 15 is 0 Å². The fourth-order valence-corrected chi connectivity index (χ4v) is 7.45. The van der Waals surface area contributed by atoms with Crippen LogP contribution in [0, 0.1) is 0 Å². The summed E-state index contributed by atoms with van der Waals surface area (Å²) in [6.07, 6.45) is 0. The predicted molar refractivity (Wildman–Crippen MR) is 158 cm³/mol. The van der Waals surface area contributed by atoms with Gasteiger partial charge in [-0.3, -0.25) is 0 Å². The zero-order valence-corrected chi connectivity index (χ0v) is 20.5. The minimum absolute atomic E-state index is 0.920. The van der Waals surface area contributed by atoms with Gasteiger partial charge in [0.2, 0.25) is 0 Å². The van der Waals surface area contributed by atoms with Gasteiger partial charge in [0.05, 0.1) is 16.7 Å². The summed E-state index contributed by atoms with van der Waals surface area (Å²) in [7, 11) is 0. The molecule has 0 atom stereocenters. The Morgan fingerprint density at radius 2 is 1.19 bits per heavy atom. The number of nitrogens with zero attached hydrogens (tertiary/aromatic N) is 1. The van der Waals surface area contributed by atoms with Gasteiger partial charge in [0, 0.05) is 47.1 Å². The molecule has 3 heteroatoms. The Labute approximate surface area is 215 Å². The van der Waals surface area contributed by atoms with Crippen LogP contribution in [0.4, 0.5) is 0 Å². The van der Waals surface area contributed by atoms with E-state index in [0.29, 0.717) is 0 Å². The smallest absolute Gasteiger partial charge is 0.159 e. The van der Waals surface area contributed by atoms with Gasteiger partial charge >= 0.3 is 0 Å². The molecule has 0 radical (unpaired) electrons. The first kappa shape index (κ1) is 19.6. The molecule has 0 aliphatic carbocycles. The number of rotatable bonds is 1. The van der Waals surface area contributed by atoms with E-state index in [1.807, 2.05) is 17.4 Å². The second-order valence-electron chi connectivity index (χ2n) is 9.70. The molecule has 37 heavy (non-hydrogen) atoms. The Bertz CT molecular complexity index is 2370. The molecular formula is C34H19NOS. The van der Waals surface area contributed by atoms with E-state index in [1.54, 1.807) is 0 Å². The van der Waals surface area contributed by atoms with Crippen molar-refractivity contribution in [2.45, 2.75) is 0 Å². The van der Waals surface area contributed by atoms with Gasteiger partial charge in [-0.05, 0) is 35.7 Å². The van der Waals surface area contributed by atoms with E-state index in [4.69, 9.17) is 4.42 Å². The van der Waals surface area contributed by atoms with Crippen molar-refractivity contribution in [1.29, 1.82) is 0 Å². The van der Waals surface area contributed by atoms with Crippen LogP contribution in [-0.4, -0.2) is 4.57 Å². The monoisotopic (exact) mass is 489 g/mol. The molecule has 0 bridgehead atoms. The number of hydrogen-bond acceptors (Lipinski definition) is 2. The van der Waals surface area contributed by atoms with Crippen LogP contribution in [0.5, 0.6) is 0 Å². The number of aromatic nitrogens is 1. The topological polar surface area (TPSA) is 18.1 Å². The second-order valence-corrected chi connectivity index (χ2v) is 10.8. The lowest BCUT2D eigenvalue weighted by atomic mass is 10.0. The first-order valence-electron chi connectivity index (χ1n) is 12.5. The number of fused-ring (bicyclic) bond motifs is 12. The fourth-order valence-electron chi connectivity index (χ4n) is 6.22. The van der Waals surface area contributed by atoms with E-state index in [9.17, 15) is 0 Å². The number of para-hydroxylation sites is 3. The van der Waals surface area contributed by atoms with E-state index in [1.165, 1.54) is 52.8 Å². The van der Waals surface area contributed by atoms with Crippen molar-refractivity contribution in [3.8, 4) is 5.69 Å². The molecule has 9 rings (SSSR count). The first-order chi connectivity index (χ1) is 18.4. The van der Waals surface area contributed by atoms with Gasteiger partial charge in [0.25, 0.3) is 0 Å². The number of hydrogen-bond donors (Lipinski definition) is 0. The third kappa shape index (κ3) is 2.49. The summed E-state index contributed by atoms with van der Waals surface area (Å²) in [6.45, 7) is 0. The van der Waals surface area contributed by atoms with Gasteiger partial charge in [0.1, 0.15) is 5.58 Å². The molecular weight excluding hydrogens is 470 g/mol. The average Bonchev–Trinajstić information content (AvgIpc) is 3.62. The minimum atomic E-state index is 0.920. The number of furan rings is 1. The van der Waals surface area contributed by atoms with Crippen LogP contribution >= 0.6 is 11.3 Å². The van der Waals surface area contributed by atoms with Crippen LogP contribution in [0.1, 0.15) is 0 Å². The van der Waals surface area contributed by atoms with E-state index in [2.05, 4.69) is 114 Å². The van der Waals surface area contributed by atoms with Crippen LogP contribution in [0.15, 0.2) is 120 Å².